The van der Waals surface area contributed by atoms with Crippen molar-refractivity contribution in [2.75, 3.05) is 36.6 Å². The zero-order valence-electron chi connectivity index (χ0n) is 19.6. The van der Waals surface area contributed by atoms with E-state index >= 15 is 0 Å². The van der Waals surface area contributed by atoms with Gasteiger partial charge in [-0.3, -0.25) is 4.79 Å². The summed E-state index contributed by atoms with van der Waals surface area (Å²) in [6.07, 6.45) is 0. The number of rotatable bonds is 5. The van der Waals surface area contributed by atoms with Crippen molar-refractivity contribution >= 4 is 28.4 Å². The molecular formula is C27H25FN6O2. The van der Waals surface area contributed by atoms with E-state index in [9.17, 15) is 9.18 Å². The molecule has 0 spiro atoms. The van der Waals surface area contributed by atoms with Crippen molar-refractivity contribution in [3.05, 3.63) is 83.2 Å². The number of ether oxygens (including phenoxy) is 1. The van der Waals surface area contributed by atoms with Crippen LogP contribution < -0.4 is 21.1 Å². The van der Waals surface area contributed by atoms with Gasteiger partial charge in [0.1, 0.15) is 11.5 Å². The van der Waals surface area contributed by atoms with Gasteiger partial charge in [-0.25, -0.2) is 19.8 Å². The van der Waals surface area contributed by atoms with Crippen molar-refractivity contribution in [2.45, 2.75) is 13.1 Å². The molecule has 3 heterocycles. The van der Waals surface area contributed by atoms with E-state index in [1.165, 1.54) is 17.7 Å². The summed E-state index contributed by atoms with van der Waals surface area (Å²) in [6.45, 7) is 3.79. The highest BCUT2D eigenvalue weighted by Crippen LogP contribution is 2.31. The molecule has 4 aromatic rings. The number of aromatic nitrogens is 2. The van der Waals surface area contributed by atoms with E-state index in [1.54, 1.807) is 24.3 Å². The van der Waals surface area contributed by atoms with Crippen LogP contribution in [0, 0.1) is 5.82 Å². The summed E-state index contributed by atoms with van der Waals surface area (Å²) in [7, 11) is 0. The quantitative estimate of drug-likeness (QED) is 0.399. The number of carbonyl (C=O) groups is 1. The van der Waals surface area contributed by atoms with Crippen molar-refractivity contribution in [3.8, 4) is 11.3 Å². The Morgan fingerprint density at radius 3 is 2.67 bits per heavy atom. The molecule has 0 atom stereocenters. The maximum absolute atomic E-state index is 13.6. The van der Waals surface area contributed by atoms with Crippen LogP contribution in [0.3, 0.4) is 0 Å². The first kappa shape index (κ1) is 22.4. The van der Waals surface area contributed by atoms with Gasteiger partial charge in [0.05, 0.1) is 29.9 Å². The summed E-state index contributed by atoms with van der Waals surface area (Å²) < 4.78 is 19.1. The molecule has 2 aliphatic rings. The number of benzene rings is 3. The number of nitrogens with zero attached hydrogens (tertiary/aromatic N) is 3. The van der Waals surface area contributed by atoms with Gasteiger partial charge in [-0.2, -0.15) is 0 Å². The van der Waals surface area contributed by atoms with Crippen LogP contribution >= 0.6 is 0 Å². The molecule has 2 aliphatic heterocycles. The largest absolute Gasteiger partial charge is 0.378 e. The number of anilines is 2. The minimum atomic E-state index is -0.310. The molecule has 36 heavy (non-hydrogen) atoms. The van der Waals surface area contributed by atoms with Gasteiger partial charge in [0, 0.05) is 37.3 Å². The van der Waals surface area contributed by atoms with Crippen molar-refractivity contribution < 1.29 is 13.9 Å². The molecule has 0 saturated carbocycles. The van der Waals surface area contributed by atoms with E-state index in [4.69, 9.17) is 14.7 Å². The van der Waals surface area contributed by atoms with Crippen molar-refractivity contribution in [2.24, 2.45) is 0 Å². The second-order valence-electron chi connectivity index (χ2n) is 8.86. The van der Waals surface area contributed by atoms with Gasteiger partial charge in [0.25, 0.3) is 5.91 Å². The average Bonchev–Trinajstić information content (AvgIpc) is 3.40. The van der Waals surface area contributed by atoms with Crippen molar-refractivity contribution in [3.63, 3.8) is 0 Å². The highest BCUT2D eigenvalue weighted by Gasteiger charge is 2.20. The lowest BCUT2D eigenvalue weighted by molar-refractivity contribution is 0.0951. The number of hydrazine groups is 1. The molecule has 6 rings (SSSR count). The van der Waals surface area contributed by atoms with Gasteiger partial charge >= 0.3 is 0 Å². The van der Waals surface area contributed by atoms with Gasteiger partial charge in [0.2, 0.25) is 0 Å². The monoisotopic (exact) mass is 484 g/mol. The van der Waals surface area contributed by atoms with E-state index in [-0.39, 0.29) is 11.7 Å². The lowest BCUT2D eigenvalue weighted by Crippen LogP contribution is -2.37. The molecular weight excluding hydrogens is 459 g/mol. The molecule has 1 aromatic heterocycles. The number of morpholine rings is 1. The Morgan fingerprint density at radius 1 is 1.00 bits per heavy atom. The Labute approximate surface area is 207 Å². The second kappa shape index (κ2) is 9.52. The van der Waals surface area contributed by atoms with Crippen LogP contribution in [0.2, 0.25) is 0 Å². The molecule has 1 saturated heterocycles. The standard InChI is InChI=1S/C27H25FN6O2/c28-21-5-2-18(3-6-21)25-26(34-9-11-36-12-10-34)32-23-8-4-19(14-24(23)31-25)27(35)29-15-17-1-7-22-20(13-17)16-30-33-22/h1-8,13-14,30,33H,9-12,15-16H2,(H,29,35). The number of fused-ring (bicyclic) bond motifs is 2. The number of amides is 1. The van der Waals surface area contributed by atoms with E-state index in [1.807, 2.05) is 18.2 Å². The molecule has 9 heteroatoms. The molecule has 0 aliphatic carbocycles. The van der Waals surface area contributed by atoms with E-state index in [0.717, 1.165) is 29.2 Å². The highest BCUT2D eigenvalue weighted by atomic mass is 19.1. The number of carbonyl (C=O) groups excluding carboxylic acids is 1. The number of hydrogen-bond donors (Lipinski definition) is 3. The first-order valence-electron chi connectivity index (χ1n) is 11.9. The molecule has 8 nitrogen and oxygen atoms in total. The Morgan fingerprint density at radius 2 is 1.83 bits per heavy atom. The Hall–Kier alpha value is -4.08. The van der Waals surface area contributed by atoms with Gasteiger partial charge in [-0.15, -0.1) is 0 Å². The van der Waals surface area contributed by atoms with Crippen LogP contribution in [0.5, 0.6) is 0 Å². The fourth-order valence-electron chi connectivity index (χ4n) is 4.53. The molecule has 0 bridgehead atoms. The lowest BCUT2D eigenvalue weighted by atomic mass is 10.1. The maximum Gasteiger partial charge on any atom is 0.251 e. The van der Waals surface area contributed by atoms with Crippen LogP contribution in [-0.2, 0) is 17.8 Å². The normalized spacial score (nSPS) is 15.0. The van der Waals surface area contributed by atoms with Crippen LogP contribution in [0.4, 0.5) is 15.9 Å². The number of halogens is 1. The summed E-state index contributed by atoms with van der Waals surface area (Å²) >= 11 is 0. The van der Waals surface area contributed by atoms with Crippen molar-refractivity contribution in [1.82, 2.24) is 20.7 Å². The Balaban J connectivity index is 1.30. The van der Waals surface area contributed by atoms with Gasteiger partial charge < -0.3 is 20.4 Å². The zero-order valence-corrected chi connectivity index (χ0v) is 19.6. The topological polar surface area (TPSA) is 91.4 Å². The predicted octanol–water partition coefficient (Wildman–Crippen LogP) is 3.63. The van der Waals surface area contributed by atoms with Crippen molar-refractivity contribution in [1.29, 1.82) is 0 Å². The molecule has 3 N–H and O–H groups in total. The summed E-state index contributed by atoms with van der Waals surface area (Å²) in [6, 6.07) is 17.7. The first-order valence-corrected chi connectivity index (χ1v) is 11.9. The summed E-state index contributed by atoms with van der Waals surface area (Å²) in [4.78, 5) is 24.9. The molecule has 182 valence electrons. The van der Waals surface area contributed by atoms with Crippen LogP contribution in [0.1, 0.15) is 21.5 Å². The van der Waals surface area contributed by atoms with E-state index in [2.05, 4.69) is 27.1 Å². The number of hydrogen-bond acceptors (Lipinski definition) is 7. The number of nitrogens with one attached hydrogen (secondary N) is 3. The van der Waals surface area contributed by atoms with E-state index < -0.39 is 0 Å². The predicted molar refractivity (Wildman–Crippen MR) is 136 cm³/mol. The molecule has 1 fully saturated rings. The summed E-state index contributed by atoms with van der Waals surface area (Å²) in [5, 5.41) is 3.00. The van der Waals surface area contributed by atoms with Gasteiger partial charge in [-0.1, -0.05) is 12.1 Å². The Bertz CT molecular complexity index is 1440. The third-order valence-corrected chi connectivity index (χ3v) is 6.46. The minimum Gasteiger partial charge on any atom is -0.378 e. The van der Waals surface area contributed by atoms with Crippen LogP contribution in [0.25, 0.3) is 22.3 Å². The molecule has 0 radical (unpaired) electrons. The van der Waals surface area contributed by atoms with Gasteiger partial charge in [0.15, 0.2) is 5.82 Å². The van der Waals surface area contributed by atoms with Gasteiger partial charge in [-0.05, 0) is 59.7 Å². The highest BCUT2D eigenvalue weighted by molar-refractivity contribution is 5.98. The SMILES string of the molecule is O=C(NCc1ccc2c(c1)CNN2)c1ccc2nc(N3CCOCC3)c(-c3ccc(F)cc3)nc2c1. The summed E-state index contributed by atoms with van der Waals surface area (Å²) in [5.41, 5.74) is 12.7. The molecule has 1 amide bonds. The van der Waals surface area contributed by atoms with Crippen LogP contribution in [0.15, 0.2) is 60.7 Å². The van der Waals surface area contributed by atoms with E-state index in [0.29, 0.717) is 55.1 Å². The molecule has 0 unspecified atom stereocenters. The third-order valence-electron chi connectivity index (χ3n) is 6.46. The molecule has 3 aromatic carbocycles. The second-order valence-corrected chi connectivity index (χ2v) is 8.86. The first-order chi connectivity index (χ1) is 17.6. The summed E-state index contributed by atoms with van der Waals surface area (Å²) in [5.74, 6) is 0.238. The Kier molecular flexibility index (Phi) is 5.92. The minimum absolute atomic E-state index is 0.184. The van der Waals surface area contributed by atoms with Crippen LogP contribution in [-0.4, -0.2) is 42.2 Å². The maximum atomic E-state index is 13.6. The zero-order chi connectivity index (χ0) is 24.5. The average molecular weight is 485 g/mol. The third kappa shape index (κ3) is 4.46. The fourth-order valence-corrected chi connectivity index (χ4v) is 4.53. The fraction of sp³-hybridized carbons (Fsp3) is 0.222. The smallest absolute Gasteiger partial charge is 0.251 e. The lowest BCUT2D eigenvalue weighted by Gasteiger charge is -2.29.